The summed E-state index contributed by atoms with van der Waals surface area (Å²) in [5, 5.41) is 10.7. The Balaban J connectivity index is 1.42. The molecule has 4 rings (SSSR count). The summed E-state index contributed by atoms with van der Waals surface area (Å²) in [6.45, 7) is 2.18. The lowest BCUT2D eigenvalue weighted by Crippen LogP contribution is -2.31. The molecule has 0 aliphatic rings. The van der Waals surface area contributed by atoms with Gasteiger partial charge in [0.1, 0.15) is 5.82 Å². The van der Waals surface area contributed by atoms with Crippen LogP contribution in [-0.4, -0.2) is 32.6 Å². The summed E-state index contributed by atoms with van der Waals surface area (Å²) in [6.07, 6.45) is 2.24. The Morgan fingerprint density at radius 2 is 1.77 bits per heavy atom. The molecule has 7 nitrogen and oxygen atoms in total. The van der Waals surface area contributed by atoms with Crippen molar-refractivity contribution in [3.05, 3.63) is 88.7 Å². The number of aromatic amines is 1. The van der Waals surface area contributed by atoms with Gasteiger partial charge in [0, 0.05) is 30.1 Å². The van der Waals surface area contributed by atoms with Crippen LogP contribution in [0.2, 0.25) is 0 Å². The maximum atomic E-state index is 12.7. The summed E-state index contributed by atoms with van der Waals surface area (Å²) < 4.78 is 0. The van der Waals surface area contributed by atoms with Crippen molar-refractivity contribution in [1.29, 1.82) is 0 Å². The molecule has 0 saturated heterocycles. The number of nitrogens with zero attached hydrogens (tertiary/aromatic N) is 3. The minimum absolute atomic E-state index is 0.168. The molecular formula is C23H21N5O2. The predicted octanol–water partition coefficient (Wildman–Crippen LogP) is 2.84. The number of H-pyrrole nitrogens is 1. The van der Waals surface area contributed by atoms with Crippen molar-refractivity contribution in [1.82, 2.24) is 25.5 Å². The highest BCUT2D eigenvalue weighted by atomic mass is 16.2. The minimum atomic E-state index is -0.511. The zero-order valence-electron chi connectivity index (χ0n) is 16.5. The van der Waals surface area contributed by atoms with Crippen molar-refractivity contribution in [2.75, 3.05) is 6.54 Å². The molecule has 2 aromatic carbocycles. The third-order valence-corrected chi connectivity index (χ3v) is 4.95. The molecule has 150 valence electrons. The predicted molar refractivity (Wildman–Crippen MR) is 115 cm³/mol. The highest BCUT2D eigenvalue weighted by Gasteiger charge is 2.20. The number of fused-ring (bicyclic) bond motifs is 1. The molecule has 7 heteroatoms. The van der Waals surface area contributed by atoms with Gasteiger partial charge in [0.15, 0.2) is 0 Å². The van der Waals surface area contributed by atoms with Gasteiger partial charge in [-0.1, -0.05) is 48.5 Å². The lowest BCUT2D eigenvalue weighted by atomic mass is 10.0. The Bertz CT molecular complexity index is 1240. The zero-order chi connectivity index (χ0) is 20.9. The SMILES string of the molecule is CC(C(=O)NCCc1nccc(-c2ccccc2)n1)c1n[nH]c(=O)c2ccccc12. The molecule has 0 spiro atoms. The van der Waals surface area contributed by atoms with Crippen LogP contribution in [0.25, 0.3) is 22.0 Å². The van der Waals surface area contributed by atoms with Gasteiger partial charge in [-0.15, -0.1) is 0 Å². The van der Waals surface area contributed by atoms with Crippen LogP contribution in [0.1, 0.15) is 24.4 Å². The van der Waals surface area contributed by atoms with Gasteiger partial charge in [0.25, 0.3) is 5.56 Å². The molecule has 0 bridgehead atoms. The molecule has 30 heavy (non-hydrogen) atoms. The van der Waals surface area contributed by atoms with E-state index < -0.39 is 5.92 Å². The van der Waals surface area contributed by atoms with Gasteiger partial charge in [-0.3, -0.25) is 9.59 Å². The molecular weight excluding hydrogens is 378 g/mol. The van der Waals surface area contributed by atoms with E-state index in [0.717, 1.165) is 11.3 Å². The minimum Gasteiger partial charge on any atom is -0.355 e. The van der Waals surface area contributed by atoms with Gasteiger partial charge in [0.05, 0.1) is 22.7 Å². The van der Waals surface area contributed by atoms with Crippen molar-refractivity contribution < 1.29 is 4.79 Å². The van der Waals surface area contributed by atoms with Crippen molar-refractivity contribution in [2.24, 2.45) is 0 Å². The monoisotopic (exact) mass is 399 g/mol. The number of carbonyl (C=O) groups is 1. The second kappa shape index (κ2) is 8.65. The second-order valence-corrected chi connectivity index (χ2v) is 6.97. The van der Waals surface area contributed by atoms with E-state index in [1.165, 1.54) is 0 Å². The Kier molecular flexibility index (Phi) is 5.61. The van der Waals surface area contributed by atoms with E-state index in [0.29, 0.717) is 35.3 Å². The summed E-state index contributed by atoms with van der Waals surface area (Å²) in [6, 6.07) is 18.9. The average Bonchev–Trinajstić information content (AvgIpc) is 2.80. The third kappa shape index (κ3) is 4.10. The van der Waals surface area contributed by atoms with E-state index >= 15 is 0 Å². The van der Waals surface area contributed by atoms with Gasteiger partial charge in [0.2, 0.25) is 5.91 Å². The Morgan fingerprint density at radius 1 is 1.03 bits per heavy atom. The van der Waals surface area contributed by atoms with E-state index in [9.17, 15) is 9.59 Å². The highest BCUT2D eigenvalue weighted by molar-refractivity contribution is 5.90. The molecule has 0 aliphatic carbocycles. The fourth-order valence-electron chi connectivity index (χ4n) is 3.33. The van der Waals surface area contributed by atoms with Crippen molar-refractivity contribution in [2.45, 2.75) is 19.3 Å². The fourth-order valence-corrected chi connectivity index (χ4v) is 3.33. The van der Waals surface area contributed by atoms with Gasteiger partial charge < -0.3 is 5.32 Å². The van der Waals surface area contributed by atoms with Crippen LogP contribution in [-0.2, 0) is 11.2 Å². The lowest BCUT2D eigenvalue weighted by molar-refractivity contribution is -0.122. The Labute approximate surface area is 173 Å². The van der Waals surface area contributed by atoms with Crippen molar-refractivity contribution in [3.8, 4) is 11.3 Å². The smallest absolute Gasteiger partial charge is 0.272 e. The number of aromatic nitrogens is 4. The number of amides is 1. The Hall–Kier alpha value is -3.87. The third-order valence-electron chi connectivity index (χ3n) is 4.95. The number of rotatable bonds is 6. The summed E-state index contributed by atoms with van der Waals surface area (Å²) >= 11 is 0. The van der Waals surface area contributed by atoms with Gasteiger partial charge >= 0.3 is 0 Å². The second-order valence-electron chi connectivity index (χ2n) is 6.97. The summed E-state index contributed by atoms with van der Waals surface area (Å²) in [4.78, 5) is 33.5. The van der Waals surface area contributed by atoms with Crippen LogP contribution < -0.4 is 10.9 Å². The number of carbonyl (C=O) groups excluding carboxylic acids is 1. The first kappa shape index (κ1) is 19.4. The maximum absolute atomic E-state index is 12.7. The summed E-state index contributed by atoms with van der Waals surface area (Å²) in [7, 11) is 0. The van der Waals surface area contributed by atoms with Crippen molar-refractivity contribution >= 4 is 16.7 Å². The molecule has 1 atom stereocenters. The van der Waals surface area contributed by atoms with Crippen LogP contribution in [0.5, 0.6) is 0 Å². The maximum Gasteiger partial charge on any atom is 0.272 e. The first-order chi connectivity index (χ1) is 14.6. The van der Waals surface area contributed by atoms with Crippen LogP contribution in [0.3, 0.4) is 0 Å². The molecule has 1 unspecified atom stereocenters. The molecule has 2 heterocycles. The van der Waals surface area contributed by atoms with Crippen molar-refractivity contribution in [3.63, 3.8) is 0 Å². The topological polar surface area (TPSA) is 101 Å². The molecule has 2 aromatic heterocycles. The molecule has 0 saturated carbocycles. The van der Waals surface area contributed by atoms with E-state index in [2.05, 4.69) is 25.5 Å². The van der Waals surface area contributed by atoms with E-state index in [1.54, 1.807) is 31.3 Å². The number of nitrogens with one attached hydrogen (secondary N) is 2. The first-order valence-corrected chi connectivity index (χ1v) is 9.76. The Morgan fingerprint density at radius 3 is 2.57 bits per heavy atom. The van der Waals surface area contributed by atoms with Crippen LogP contribution in [0.4, 0.5) is 0 Å². The fraction of sp³-hybridized carbons (Fsp3) is 0.174. The number of hydrogen-bond acceptors (Lipinski definition) is 5. The quantitative estimate of drug-likeness (QED) is 0.519. The van der Waals surface area contributed by atoms with Crippen LogP contribution in [0.15, 0.2) is 71.7 Å². The van der Waals surface area contributed by atoms with Crippen LogP contribution >= 0.6 is 0 Å². The zero-order valence-corrected chi connectivity index (χ0v) is 16.5. The first-order valence-electron chi connectivity index (χ1n) is 9.76. The normalized spacial score (nSPS) is 11.9. The molecule has 1 amide bonds. The summed E-state index contributed by atoms with van der Waals surface area (Å²) in [5.74, 6) is -0.0147. The standard InChI is InChI=1S/C23H21N5O2/c1-15(21-17-9-5-6-10-18(17)23(30)28-27-21)22(29)25-14-12-20-24-13-11-19(26-20)16-7-3-2-4-8-16/h2-11,13,15H,12,14H2,1H3,(H,25,29)(H,28,30). The molecule has 0 radical (unpaired) electrons. The van der Waals surface area contributed by atoms with E-state index in [1.807, 2.05) is 42.5 Å². The highest BCUT2D eigenvalue weighted by Crippen LogP contribution is 2.21. The van der Waals surface area contributed by atoms with Crippen LogP contribution in [0, 0.1) is 0 Å². The number of hydrogen-bond donors (Lipinski definition) is 2. The molecule has 0 fully saturated rings. The molecule has 4 aromatic rings. The lowest BCUT2D eigenvalue weighted by Gasteiger charge is -2.13. The van der Waals surface area contributed by atoms with Gasteiger partial charge in [-0.2, -0.15) is 5.10 Å². The molecule has 2 N–H and O–H groups in total. The number of benzene rings is 2. The summed E-state index contributed by atoms with van der Waals surface area (Å²) in [5.41, 5.74) is 2.15. The largest absolute Gasteiger partial charge is 0.355 e. The molecule has 0 aliphatic heterocycles. The van der Waals surface area contributed by atoms with E-state index in [-0.39, 0.29) is 11.5 Å². The average molecular weight is 399 g/mol. The van der Waals surface area contributed by atoms with Gasteiger partial charge in [-0.25, -0.2) is 15.1 Å². The van der Waals surface area contributed by atoms with E-state index in [4.69, 9.17) is 0 Å². The van der Waals surface area contributed by atoms with Gasteiger partial charge in [-0.05, 0) is 19.1 Å².